The summed E-state index contributed by atoms with van der Waals surface area (Å²) in [6.45, 7) is 16.5. The average Bonchev–Trinajstić information content (AvgIpc) is 3.06. The molecule has 1 N–H and O–H groups in total. The number of hydrogen-bond acceptors (Lipinski definition) is 1. The van der Waals surface area contributed by atoms with Gasteiger partial charge in [-0.25, -0.2) is 0 Å². The Morgan fingerprint density at radius 2 is 1.84 bits per heavy atom. The third kappa shape index (κ3) is 4.11. The van der Waals surface area contributed by atoms with Crippen LogP contribution in [0.1, 0.15) is 112 Å². The summed E-state index contributed by atoms with van der Waals surface area (Å²) in [6.07, 6.45) is 19.6. The van der Waals surface area contributed by atoms with E-state index in [1.807, 2.05) is 6.08 Å². The molecule has 0 amide bonds. The van der Waals surface area contributed by atoms with E-state index >= 15 is 0 Å². The van der Waals surface area contributed by atoms with E-state index in [0.29, 0.717) is 10.8 Å². The third-order valence-corrected chi connectivity index (χ3v) is 11.0. The normalized spacial score (nSPS) is 45.5. The van der Waals surface area contributed by atoms with Crippen molar-refractivity contribution >= 4 is 0 Å². The Bertz CT molecular complexity index is 691. The molecule has 1 unspecified atom stereocenters. The van der Waals surface area contributed by atoms with Crippen LogP contribution < -0.4 is 0 Å². The summed E-state index contributed by atoms with van der Waals surface area (Å²) in [5, 5.41) is 11.1. The molecule has 0 aliphatic heterocycles. The zero-order chi connectivity index (χ0) is 22.4. The Kier molecular flexibility index (Phi) is 6.59. The van der Waals surface area contributed by atoms with E-state index in [1.54, 1.807) is 5.57 Å². The van der Waals surface area contributed by atoms with Gasteiger partial charge in [0, 0.05) is 0 Å². The van der Waals surface area contributed by atoms with Crippen LogP contribution >= 0.6 is 0 Å². The molecule has 0 radical (unpaired) electrons. The van der Waals surface area contributed by atoms with Crippen molar-refractivity contribution in [2.45, 2.75) is 117 Å². The predicted octanol–water partition coefficient (Wildman–Crippen LogP) is 8.34. The van der Waals surface area contributed by atoms with Crippen LogP contribution in [0.3, 0.4) is 0 Å². The summed E-state index contributed by atoms with van der Waals surface area (Å²) in [4.78, 5) is 0. The minimum Gasteiger partial charge on any atom is -0.389 e. The highest BCUT2D eigenvalue weighted by Gasteiger charge is 2.59. The molecule has 3 saturated carbocycles. The minimum absolute atomic E-state index is 0.332. The third-order valence-electron chi connectivity index (χ3n) is 11.0. The first-order valence-electron chi connectivity index (χ1n) is 13.7. The molecule has 3 fully saturated rings. The van der Waals surface area contributed by atoms with Gasteiger partial charge in [-0.15, -0.1) is 6.58 Å². The van der Waals surface area contributed by atoms with E-state index in [4.69, 9.17) is 0 Å². The molecule has 4 aliphatic rings. The maximum Gasteiger partial charge on any atom is 0.0719 e. The Morgan fingerprint density at radius 1 is 1.06 bits per heavy atom. The molecule has 0 heterocycles. The van der Waals surface area contributed by atoms with Gasteiger partial charge in [0.05, 0.1) is 5.60 Å². The van der Waals surface area contributed by atoms with Gasteiger partial charge < -0.3 is 5.11 Å². The van der Waals surface area contributed by atoms with Gasteiger partial charge in [0.1, 0.15) is 0 Å². The molecule has 0 bridgehead atoms. The minimum atomic E-state index is -0.535. The molecule has 0 saturated heterocycles. The molecule has 0 aromatic heterocycles. The average molecular weight is 427 g/mol. The summed E-state index contributed by atoms with van der Waals surface area (Å²) < 4.78 is 0. The lowest BCUT2D eigenvalue weighted by atomic mass is 9.46. The summed E-state index contributed by atoms with van der Waals surface area (Å²) >= 11 is 0. The number of allylic oxidation sites excluding steroid dienone is 1. The Labute approximate surface area is 193 Å². The molecular weight excluding hydrogens is 376 g/mol. The molecule has 31 heavy (non-hydrogen) atoms. The van der Waals surface area contributed by atoms with Gasteiger partial charge >= 0.3 is 0 Å². The number of aliphatic hydroxyl groups is 1. The Hall–Kier alpha value is -0.560. The largest absolute Gasteiger partial charge is 0.389 e. The van der Waals surface area contributed by atoms with Gasteiger partial charge in [-0.05, 0) is 104 Å². The molecule has 0 aromatic carbocycles. The van der Waals surface area contributed by atoms with Crippen molar-refractivity contribution in [3.63, 3.8) is 0 Å². The molecule has 176 valence electrons. The van der Waals surface area contributed by atoms with Gasteiger partial charge in [-0.3, -0.25) is 0 Å². The maximum atomic E-state index is 11.1. The van der Waals surface area contributed by atoms with Crippen molar-refractivity contribution in [3.05, 3.63) is 24.3 Å². The van der Waals surface area contributed by atoms with Gasteiger partial charge in [-0.1, -0.05) is 71.6 Å². The zero-order valence-corrected chi connectivity index (χ0v) is 21.3. The molecule has 1 nitrogen and oxygen atoms in total. The van der Waals surface area contributed by atoms with Crippen molar-refractivity contribution in [1.29, 1.82) is 0 Å². The summed E-state index contributed by atoms with van der Waals surface area (Å²) in [5.74, 6) is 5.32. The fourth-order valence-corrected chi connectivity index (χ4v) is 9.18. The van der Waals surface area contributed by atoms with E-state index in [1.165, 1.54) is 57.8 Å². The smallest absolute Gasteiger partial charge is 0.0719 e. The molecule has 0 aromatic rings. The number of fused-ring (bicyclic) bond motifs is 5. The molecule has 4 aliphatic carbocycles. The van der Waals surface area contributed by atoms with E-state index < -0.39 is 5.60 Å². The van der Waals surface area contributed by atoms with E-state index in [9.17, 15) is 5.11 Å². The van der Waals surface area contributed by atoms with Crippen LogP contribution in [0, 0.1) is 46.3 Å². The summed E-state index contributed by atoms with van der Waals surface area (Å²) in [7, 11) is 0. The Morgan fingerprint density at radius 3 is 2.55 bits per heavy atom. The first-order valence-corrected chi connectivity index (χ1v) is 13.7. The van der Waals surface area contributed by atoms with Gasteiger partial charge in [0.2, 0.25) is 0 Å². The van der Waals surface area contributed by atoms with Crippen LogP contribution in [0.4, 0.5) is 0 Å². The highest BCUT2D eigenvalue weighted by atomic mass is 16.3. The topological polar surface area (TPSA) is 20.2 Å². The summed E-state index contributed by atoms with van der Waals surface area (Å²) in [5.41, 5.74) is 1.95. The van der Waals surface area contributed by atoms with E-state index in [-0.39, 0.29) is 0 Å². The van der Waals surface area contributed by atoms with Gasteiger partial charge in [0.15, 0.2) is 0 Å². The van der Waals surface area contributed by atoms with Crippen LogP contribution in [0.25, 0.3) is 0 Å². The van der Waals surface area contributed by atoms with Gasteiger partial charge in [-0.2, -0.15) is 0 Å². The monoisotopic (exact) mass is 426 g/mol. The van der Waals surface area contributed by atoms with Gasteiger partial charge in [0.25, 0.3) is 0 Å². The van der Waals surface area contributed by atoms with Crippen LogP contribution in [0.5, 0.6) is 0 Å². The Balaban J connectivity index is 1.49. The fourth-order valence-electron chi connectivity index (χ4n) is 9.18. The maximum absolute atomic E-state index is 11.1. The molecule has 0 spiro atoms. The van der Waals surface area contributed by atoms with Crippen LogP contribution in [0.2, 0.25) is 0 Å². The summed E-state index contributed by atoms with van der Waals surface area (Å²) in [6, 6.07) is 0. The second-order valence-corrected chi connectivity index (χ2v) is 13.2. The second kappa shape index (κ2) is 8.66. The van der Waals surface area contributed by atoms with Crippen LogP contribution in [-0.2, 0) is 0 Å². The second-order valence-electron chi connectivity index (χ2n) is 13.2. The fraction of sp³-hybridized carbons (Fsp3) is 0.867. The lowest BCUT2D eigenvalue weighted by Gasteiger charge is -2.59. The van der Waals surface area contributed by atoms with E-state index in [0.717, 1.165) is 54.8 Å². The first kappa shape index (κ1) is 23.6. The standard InChI is InChI=1S/C30H50O/c1-7-16-30(31)19-18-28(5)23(20-30)11-12-24-26-14-13-25(22(4)10-8-9-21(2)3)29(26,6)17-15-27(24)28/h7,11,21-22,24-27,31H,1,8-10,12-20H2,2-6H3/t22-,24+,25-,26+,27+,28+,29-,30?/m1/s1. The van der Waals surface area contributed by atoms with Crippen LogP contribution in [0.15, 0.2) is 24.3 Å². The van der Waals surface area contributed by atoms with Crippen molar-refractivity contribution in [1.82, 2.24) is 0 Å². The number of rotatable bonds is 7. The van der Waals surface area contributed by atoms with Crippen molar-refractivity contribution in [2.24, 2.45) is 46.3 Å². The molecule has 4 rings (SSSR count). The van der Waals surface area contributed by atoms with Crippen molar-refractivity contribution < 1.29 is 5.11 Å². The zero-order valence-electron chi connectivity index (χ0n) is 21.3. The molecule has 1 heteroatoms. The lowest BCUT2D eigenvalue weighted by molar-refractivity contribution is -0.0739. The highest BCUT2D eigenvalue weighted by Crippen LogP contribution is 2.67. The molecular formula is C30H50O. The lowest BCUT2D eigenvalue weighted by Crippen LogP contribution is -2.52. The predicted molar refractivity (Wildman–Crippen MR) is 133 cm³/mol. The number of hydrogen-bond donors (Lipinski definition) is 1. The quantitative estimate of drug-likeness (QED) is 0.406. The van der Waals surface area contributed by atoms with Crippen molar-refractivity contribution in [3.8, 4) is 0 Å². The SMILES string of the molecule is C=CCC1(O)CC[C@@]2(C)C(=CC[C@H]3[C@@H]4CC[C@H]([C@H](C)CCCC(C)C)[C@@]4(C)CC[C@@H]32)C1. The van der Waals surface area contributed by atoms with Crippen molar-refractivity contribution in [2.75, 3.05) is 0 Å². The highest BCUT2D eigenvalue weighted by molar-refractivity contribution is 5.27. The first-order chi connectivity index (χ1) is 14.6. The molecule has 8 atom stereocenters. The van der Waals surface area contributed by atoms with Crippen LogP contribution in [-0.4, -0.2) is 10.7 Å². The van der Waals surface area contributed by atoms with E-state index in [2.05, 4.69) is 47.3 Å².